The SMILES string of the molecule is CCn1nccc1C(=O)C1(N)CC1. The van der Waals surface area contributed by atoms with Crippen LogP contribution in [0.4, 0.5) is 0 Å². The molecule has 0 atom stereocenters. The summed E-state index contributed by atoms with van der Waals surface area (Å²) in [6.45, 7) is 2.67. The van der Waals surface area contributed by atoms with Crippen LogP contribution in [0.1, 0.15) is 30.3 Å². The van der Waals surface area contributed by atoms with Crippen LogP contribution in [0.2, 0.25) is 0 Å². The Balaban J connectivity index is 2.29. The third-order valence-electron chi connectivity index (χ3n) is 2.49. The van der Waals surface area contributed by atoms with Gasteiger partial charge in [0, 0.05) is 12.7 Å². The molecule has 1 aromatic rings. The predicted molar refractivity (Wildman–Crippen MR) is 48.4 cm³/mol. The van der Waals surface area contributed by atoms with Crippen LogP contribution in [0.15, 0.2) is 12.3 Å². The molecule has 1 fully saturated rings. The zero-order valence-electron chi connectivity index (χ0n) is 7.66. The van der Waals surface area contributed by atoms with Crippen LogP contribution >= 0.6 is 0 Å². The minimum Gasteiger partial charge on any atom is -0.319 e. The number of aromatic nitrogens is 2. The number of hydrogen-bond donors (Lipinski definition) is 1. The first-order valence-corrected chi connectivity index (χ1v) is 4.53. The Kier molecular flexibility index (Phi) is 1.73. The van der Waals surface area contributed by atoms with Gasteiger partial charge < -0.3 is 5.73 Å². The zero-order valence-corrected chi connectivity index (χ0v) is 7.66. The average Bonchev–Trinajstić information content (AvgIpc) is 2.71. The van der Waals surface area contributed by atoms with Crippen molar-refractivity contribution in [1.82, 2.24) is 9.78 Å². The quantitative estimate of drug-likeness (QED) is 0.690. The van der Waals surface area contributed by atoms with Crippen molar-refractivity contribution in [3.63, 3.8) is 0 Å². The molecule has 1 aromatic heterocycles. The second-order valence-electron chi connectivity index (χ2n) is 3.52. The van der Waals surface area contributed by atoms with Crippen molar-refractivity contribution in [2.45, 2.75) is 31.8 Å². The molecule has 0 bridgehead atoms. The topological polar surface area (TPSA) is 60.9 Å². The lowest BCUT2D eigenvalue weighted by Gasteiger charge is -2.08. The van der Waals surface area contributed by atoms with Crippen LogP contribution in [-0.2, 0) is 6.54 Å². The summed E-state index contributed by atoms with van der Waals surface area (Å²) >= 11 is 0. The van der Waals surface area contributed by atoms with Crippen molar-refractivity contribution in [3.8, 4) is 0 Å². The fraction of sp³-hybridized carbons (Fsp3) is 0.556. The summed E-state index contributed by atoms with van der Waals surface area (Å²) in [6, 6.07) is 1.73. The maximum atomic E-state index is 11.8. The molecule has 0 aromatic carbocycles. The van der Waals surface area contributed by atoms with Gasteiger partial charge in [-0.3, -0.25) is 9.48 Å². The highest BCUT2D eigenvalue weighted by atomic mass is 16.1. The molecule has 1 aliphatic rings. The highest BCUT2D eigenvalue weighted by Crippen LogP contribution is 2.35. The van der Waals surface area contributed by atoms with Gasteiger partial charge in [-0.25, -0.2) is 0 Å². The third kappa shape index (κ3) is 1.27. The summed E-state index contributed by atoms with van der Waals surface area (Å²) in [5.74, 6) is 0.0341. The summed E-state index contributed by atoms with van der Waals surface area (Å²) in [5, 5.41) is 4.04. The average molecular weight is 179 g/mol. The molecule has 1 heterocycles. The second kappa shape index (κ2) is 2.67. The zero-order chi connectivity index (χ0) is 9.47. The highest BCUT2D eigenvalue weighted by Gasteiger charge is 2.47. The highest BCUT2D eigenvalue weighted by molar-refractivity contribution is 6.03. The Morgan fingerprint density at radius 1 is 1.77 bits per heavy atom. The van der Waals surface area contributed by atoms with Crippen molar-refractivity contribution in [2.24, 2.45) is 5.73 Å². The molecule has 2 rings (SSSR count). The summed E-state index contributed by atoms with van der Waals surface area (Å²) < 4.78 is 1.69. The maximum Gasteiger partial charge on any atom is 0.200 e. The number of hydrogen-bond acceptors (Lipinski definition) is 3. The molecule has 1 saturated carbocycles. The number of nitrogens with two attached hydrogens (primary N) is 1. The van der Waals surface area contributed by atoms with Gasteiger partial charge in [-0.1, -0.05) is 0 Å². The van der Waals surface area contributed by atoms with E-state index < -0.39 is 5.54 Å². The molecule has 2 N–H and O–H groups in total. The van der Waals surface area contributed by atoms with Crippen molar-refractivity contribution < 1.29 is 4.79 Å². The van der Waals surface area contributed by atoms with E-state index in [0.717, 1.165) is 12.8 Å². The van der Waals surface area contributed by atoms with E-state index in [1.165, 1.54) is 0 Å². The first kappa shape index (κ1) is 8.44. The molecule has 1 aliphatic carbocycles. The smallest absolute Gasteiger partial charge is 0.200 e. The lowest BCUT2D eigenvalue weighted by atomic mass is 10.1. The second-order valence-corrected chi connectivity index (χ2v) is 3.52. The van der Waals surface area contributed by atoms with Gasteiger partial charge in [0.2, 0.25) is 5.78 Å². The summed E-state index contributed by atoms with van der Waals surface area (Å²) in [5.41, 5.74) is 5.88. The van der Waals surface area contributed by atoms with Crippen molar-refractivity contribution >= 4 is 5.78 Å². The molecule has 4 heteroatoms. The lowest BCUT2D eigenvalue weighted by molar-refractivity contribution is 0.0938. The van der Waals surface area contributed by atoms with Gasteiger partial charge in [0.25, 0.3) is 0 Å². The van der Waals surface area contributed by atoms with Crippen molar-refractivity contribution in [3.05, 3.63) is 18.0 Å². The van der Waals surface area contributed by atoms with Crippen LogP contribution in [0.25, 0.3) is 0 Å². The molecular formula is C9H13N3O. The third-order valence-corrected chi connectivity index (χ3v) is 2.49. The molecule has 0 spiro atoms. The van der Waals surface area contributed by atoms with Crippen molar-refractivity contribution in [2.75, 3.05) is 0 Å². The first-order valence-electron chi connectivity index (χ1n) is 4.53. The Labute approximate surface area is 76.7 Å². The van der Waals surface area contributed by atoms with Gasteiger partial charge in [0.1, 0.15) is 5.69 Å². The molecule has 70 valence electrons. The van der Waals surface area contributed by atoms with Crippen LogP contribution in [0.5, 0.6) is 0 Å². The minimum atomic E-state index is -0.576. The number of ketones is 1. The van der Waals surface area contributed by atoms with E-state index in [1.54, 1.807) is 16.9 Å². The normalized spacial score (nSPS) is 18.6. The Morgan fingerprint density at radius 3 is 3.00 bits per heavy atom. The van der Waals surface area contributed by atoms with Gasteiger partial charge in [0.15, 0.2) is 0 Å². The summed E-state index contributed by atoms with van der Waals surface area (Å²) in [4.78, 5) is 11.8. The van der Waals surface area contributed by atoms with Crippen LogP contribution in [0, 0.1) is 0 Å². The molecule has 0 amide bonds. The van der Waals surface area contributed by atoms with Gasteiger partial charge >= 0.3 is 0 Å². The Hall–Kier alpha value is -1.16. The van der Waals surface area contributed by atoms with Gasteiger partial charge in [-0.05, 0) is 25.8 Å². The van der Waals surface area contributed by atoms with E-state index in [-0.39, 0.29) is 5.78 Å². The van der Waals surface area contributed by atoms with Gasteiger partial charge in [-0.15, -0.1) is 0 Å². The van der Waals surface area contributed by atoms with Crippen LogP contribution in [0.3, 0.4) is 0 Å². The molecule has 0 saturated heterocycles. The number of carbonyl (C=O) groups excluding carboxylic acids is 1. The molecule has 13 heavy (non-hydrogen) atoms. The minimum absolute atomic E-state index is 0.0341. The maximum absolute atomic E-state index is 11.8. The van der Waals surface area contributed by atoms with E-state index >= 15 is 0 Å². The van der Waals surface area contributed by atoms with E-state index in [0.29, 0.717) is 12.2 Å². The Bertz CT molecular complexity index is 338. The molecule has 0 radical (unpaired) electrons. The lowest BCUT2D eigenvalue weighted by Crippen LogP contribution is -2.34. The molecule has 0 unspecified atom stereocenters. The number of rotatable bonds is 3. The van der Waals surface area contributed by atoms with E-state index in [9.17, 15) is 4.79 Å². The number of Topliss-reactive ketones (excluding diaryl/α,β-unsaturated/α-hetero) is 1. The van der Waals surface area contributed by atoms with E-state index in [1.807, 2.05) is 6.92 Å². The predicted octanol–water partition coefficient (Wildman–Crippen LogP) is 0.577. The van der Waals surface area contributed by atoms with Gasteiger partial charge in [-0.2, -0.15) is 5.10 Å². The molecule has 0 aliphatic heterocycles. The monoisotopic (exact) mass is 179 g/mol. The van der Waals surface area contributed by atoms with Gasteiger partial charge in [0.05, 0.1) is 5.54 Å². The Morgan fingerprint density at radius 2 is 2.46 bits per heavy atom. The van der Waals surface area contributed by atoms with Crippen molar-refractivity contribution in [1.29, 1.82) is 0 Å². The number of carbonyl (C=O) groups is 1. The largest absolute Gasteiger partial charge is 0.319 e. The first-order chi connectivity index (χ1) is 6.17. The standard InChI is InChI=1S/C9H13N3O/c1-2-12-7(3-6-11-12)8(13)9(10)4-5-9/h3,6H,2,4-5,10H2,1H3. The number of aryl methyl sites for hydroxylation is 1. The van der Waals surface area contributed by atoms with Crippen LogP contribution < -0.4 is 5.73 Å². The molecule has 4 nitrogen and oxygen atoms in total. The fourth-order valence-corrected chi connectivity index (χ4v) is 1.39. The summed E-state index contributed by atoms with van der Waals surface area (Å²) in [6.07, 6.45) is 3.25. The molecular weight excluding hydrogens is 166 g/mol. The summed E-state index contributed by atoms with van der Waals surface area (Å²) in [7, 11) is 0. The fourth-order valence-electron chi connectivity index (χ4n) is 1.39. The van der Waals surface area contributed by atoms with E-state index in [4.69, 9.17) is 5.73 Å². The number of nitrogens with zero attached hydrogens (tertiary/aromatic N) is 2. The van der Waals surface area contributed by atoms with E-state index in [2.05, 4.69) is 5.10 Å². The van der Waals surface area contributed by atoms with Crippen LogP contribution in [-0.4, -0.2) is 21.1 Å².